The lowest BCUT2D eigenvalue weighted by atomic mass is 10.1. The first-order valence-electron chi connectivity index (χ1n) is 5.76. The fraction of sp³-hybridized carbons (Fsp3) is 0.636. The fourth-order valence-corrected chi connectivity index (χ4v) is 2.35. The molecule has 1 aromatic rings. The van der Waals surface area contributed by atoms with E-state index in [9.17, 15) is 4.79 Å². The van der Waals surface area contributed by atoms with Gasteiger partial charge in [-0.2, -0.15) is 0 Å². The van der Waals surface area contributed by atoms with Crippen LogP contribution in [0.25, 0.3) is 0 Å². The molecular weight excluding hydrogens is 206 g/mol. The highest BCUT2D eigenvalue weighted by molar-refractivity contribution is 5.21. The van der Waals surface area contributed by atoms with Crippen LogP contribution in [-0.4, -0.2) is 22.7 Å². The molecule has 1 atom stereocenters. The number of ether oxygens (including phenoxy) is 1. The molecule has 3 heterocycles. The smallest absolute Gasteiger partial charge is 0.255 e. The van der Waals surface area contributed by atoms with Crippen LogP contribution in [-0.2, 0) is 24.2 Å². The third kappa shape index (κ3) is 1.76. The summed E-state index contributed by atoms with van der Waals surface area (Å²) in [6.45, 7) is 2.18. The summed E-state index contributed by atoms with van der Waals surface area (Å²) >= 11 is 0. The van der Waals surface area contributed by atoms with E-state index in [0.717, 1.165) is 43.0 Å². The lowest BCUT2D eigenvalue weighted by molar-refractivity contribution is 0.110. The molecule has 0 saturated carbocycles. The van der Waals surface area contributed by atoms with Crippen LogP contribution in [0.4, 0.5) is 0 Å². The Morgan fingerprint density at radius 3 is 3.19 bits per heavy atom. The molecule has 1 saturated heterocycles. The van der Waals surface area contributed by atoms with Crippen molar-refractivity contribution in [3.05, 3.63) is 27.4 Å². The van der Waals surface area contributed by atoms with Gasteiger partial charge in [-0.05, 0) is 12.8 Å². The van der Waals surface area contributed by atoms with Gasteiger partial charge in [0.15, 0.2) is 0 Å². The van der Waals surface area contributed by atoms with E-state index < -0.39 is 0 Å². The monoisotopic (exact) mass is 221 g/mol. The summed E-state index contributed by atoms with van der Waals surface area (Å²) in [5, 5.41) is 3.14. The van der Waals surface area contributed by atoms with Crippen LogP contribution < -0.4 is 10.9 Å². The Hall–Kier alpha value is -1.20. The number of hydrogen-bond acceptors (Lipinski definition) is 4. The molecule has 0 spiro atoms. The molecule has 1 fully saturated rings. The van der Waals surface area contributed by atoms with E-state index in [4.69, 9.17) is 4.74 Å². The van der Waals surface area contributed by atoms with E-state index in [1.807, 2.05) is 0 Å². The van der Waals surface area contributed by atoms with Crippen LogP contribution in [0, 0.1) is 0 Å². The van der Waals surface area contributed by atoms with Gasteiger partial charge in [0.2, 0.25) is 0 Å². The minimum Gasteiger partial charge on any atom is -0.378 e. The molecule has 0 amide bonds. The highest BCUT2D eigenvalue weighted by Gasteiger charge is 2.20. The van der Waals surface area contributed by atoms with Crippen molar-refractivity contribution >= 4 is 0 Å². The van der Waals surface area contributed by atoms with Crippen molar-refractivity contribution in [3.8, 4) is 0 Å². The number of nitrogens with one attached hydrogen (secondary N) is 2. The van der Waals surface area contributed by atoms with Crippen LogP contribution in [0.3, 0.4) is 0 Å². The zero-order valence-corrected chi connectivity index (χ0v) is 9.08. The van der Waals surface area contributed by atoms with Crippen molar-refractivity contribution < 1.29 is 4.74 Å². The number of aromatic amines is 1. The molecule has 16 heavy (non-hydrogen) atoms. The SMILES string of the molecule is O=c1[nH]c(CC2CCCO2)nc2c1CNC2. The Balaban J connectivity index is 1.85. The summed E-state index contributed by atoms with van der Waals surface area (Å²) in [5.41, 5.74) is 1.69. The molecule has 86 valence electrons. The standard InChI is InChI=1S/C11H15N3O2/c15-11-8-5-12-6-9(8)13-10(14-11)4-7-2-1-3-16-7/h7,12H,1-6H2,(H,13,14,15). The number of fused-ring (bicyclic) bond motifs is 1. The van der Waals surface area contributed by atoms with Gasteiger partial charge in [0.1, 0.15) is 5.82 Å². The van der Waals surface area contributed by atoms with Gasteiger partial charge >= 0.3 is 0 Å². The molecule has 1 unspecified atom stereocenters. The van der Waals surface area contributed by atoms with Gasteiger partial charge < -0.3 is 15.0 Å². The molecule has 2 N–H and O–H groups in total. The molecule has 0 aliphatic carbocycles. The van der Waals surface area contributed by atoms with E-state index in [1.165, 1.54) is 0 Å². The van der Waals surface area contributed by atoms with E-state index in [0.29, 0.717) is 13.1 Å². The number of hydrogen-bond donors (Lipinski definition) is 2. The molecule has 2 aliphatic heterocycles. The molecule has 2 aliphatic rings. The molecule has 5 nitrogen and oxygen atoms in total. The van der Waals surface area contributed by atoms with Crippen molar-refractivity contribution in [2.45, 2.75) is 38.5 Å². The average molecular weight is 221 g/mol. The Kier molecular flexibility index (Phi) is 2.49. The van der Waals surface area contributed by atoms with Crippen molar-refractivity contribution in [2.24, 2.45) is 0 Å². The first-order chi connectivity index (χ1) is 7.83. The second-order valence-corrected chi connectivity index (χ2v) is 4.38. The maximum atomic E-state index is 11.7. The van der Waals surface area contributed by atoms with Gasteiger partial charge in [-0.25, -0.2) is 4.98 Å². The first-order valence-corrected chi connectivity index (χ1v) is 5.76. The zero-order chi connectivity index (χ0) is 11.0. The van der Waals surface area contributed by atoms with Crippen LogP contribution in [0.15, 0.2) is 4.79 Å². The second kappa shape index (κ2) is 3.99. The van der Waals surface area contributed by atoms with Gasteiger partial charge in [0, 0.05) is 26.1 Å². The second-order valence-electron chi connectivity index (χ2n) is 4.38. The Morgan fingerprint density at radius 1 is 1.44 bits per heavy atom. The van der Waals surface area contributed by atoms with Crippen LogP contribution in [0.2, 0.25) is 0 Å². The Morgan fingerprint density at radius 2 is 2.38 bits per heavy atom. The Labute approximate surface area is 93.2 Å². The van der Waals surface area contributed by atoms with Crippen molar-refractivity contribution in [2.75, 3.05) is 6.61 Å². The third-order valence-electron chi connectivity index (χ3n) is 3.19. The van der Waals surface area contributed by atoms with Gasteiger partial charge in [0.25, 0.3) is 5.56 Å². The summed E-state index contributed by atoms with van der Waals surface area (Å²) in [5.74, 6) is 0.763. The maximum absolute atomic E-state index is 11.7. The molecule has 3 rings (SSSR count). The predicted molar refractivity (Wildman–Crippen MR) is 58.1 cm³/mol. The molecule has 0 radical (unpaired) electrons. The van der Waals surface area contributed by atoms with E-state index in [1.54, 1.807) is 0 Å². The van der Waals surface area contributed by atoms with E-state index >= 15 is 0 Å². The van der Waals surface area contributed by atoms with E-state index in [2.05, 4.69) is 15.3 Å². The van der Waals surface area contributed by atoms with Gasteiger partial charge in [0.05, 0.1) is 17.4 Å². The normalized spacial score (nSPS) is 23.6. The minimum absolute atomic E-state index is 0.00277. The lowest BCUT2D eigenvalue weighted by Crippen LogP contribution is -2.20. The summed E-state index contributed by atoms with van der Waals surface area (Å²) in [4.78, 5) is 19.1. The number of nitrogens with zero attached hydrogens (tertiary/aromatic N) is 1. The lowest BCUT2D eigenvalue weighted by Gasteiger charge is -2.09. The number of rotatable bonds is 2. The quantitative estimate of drug-likeness (QED) is 0.743. The largest absolute Gasteiger partial charge is 0.378 e. The van der Waals surface area contributed by atoms with Gasteiger partial charge in [-0.15, -0.1) is 0 Å². The van der Waals surface area contributed by atoms with Crippen molar-refractivity contribution in [1.29, 1.82) is 0 Å². The van der Waals surface area contributed by atoms with Crippen LogP contribution in [0.5, 0.6) is 0 Å². The van der Waals surface area contributed by atoms with Gasteiger partial charge in [-0.1, -0.05) is 0 Å². The number of H-pyrrole nitrogens is 1. The fourth-order valence-electron chi connectivity index (χ4n) is 2.35. The number of aromatic nitrogens is 2. The summed E-state index contributed by atoms with van der Waals surface area (Å²) in [6.07, 6.45) is 3.14. The van der Waals surface area contributed by atoms with Crippen LogP contribution in [0.1, 0.15) is 29.9 Å². The Bertz CT molecular complexity index is 449. The molecule has 1 aromatic heterocycles. The van der Waals surface area contributed by atoms with Crippen molar-refractivity contribution in [3.63, 3.8) is 0 Å². The highest BCUT2D eigenvalue weighted by atomic mass is 16.5. The van der Waals surface area contributed by atoms with Crippen molar-refractivity contribution in [1.82, 2.24) is 15.3 Å². The zero-order valence-electron chi connectivity index (χ0n) is 9.08. The molecule has 0 aromatic carbocycles. The van der Waals surface area contributed by atoms with Gasteiger partial charge in [-0.3, -0.25) is 4.79 Å². The summed E-state index contributed by atoms with van der Waals surface area (Å²) < 4.78 is 5.54. The molecule has 0 bridgehead atoms. The topological polar surface area (TPSA) is 67.0 Å². The maximum Gasteiger partial charge on any atom is 0.255 e. The molecular formula is C11H15N3O2. The predicted octanol–water partition coefficient (Wildman–Crippen LogP) is 0.0946. The van der Waals surface area contributed by atoms with Crippen LogP contribution >= 0.6 is 0 Å². The first kappa shape index (κ1) is 9.99. The average Bonchev–Trinajstić information content (AvgIpc) is 2.87. The molecule has 5 heteroatoms. The highest BCUT2D eigenvalue weighted by Crippen LogP contribution is 2.16. The minimum atomic E-state index is 0.00277. The van der Waals surface area contributed by atoms with E-state index in [-0.39, 0.29) is 11.7 Å². The summed E-state index contributed by atoms with van der Waals surface area (Å²) in [7, 11) is 0. The third-order valence-corrected chi connectivity index (χ3v) is 3.19. The summed E-state index contributed by atoms with van der Waals surface area (Å²) in [6, 6.07) is 0.